The van der Waals surface area contributed by atoms with E-state index in [0.29, 0.717) is 24.3 Å². The van der Waals surface area contributed by atoms with Crippen molar-refractivity contribution in [3.05, 3.63) is 30.1 Å². The van der Waals surface area contributed by atoms with E-state index in [0.717, 1.165) is 0 Å². The molecule has 20 heavy (non-hydrogen) atoms. The van der Waals surface area contributed by atoms with Gasteiger partial charge < -0.3 is 0 Å². The molecule has 1 rings (SSSR count). The molecule has 0 aliphatic heterocycles. The van der Waals surface area contributed by atoms with Crippen LogP contribution < -0.4 is 4.90 Å². The maximum absolute atomic E-state index is 12.6. The summed E-state index contributed by atoms with van der Waals surface area (Å²) in [5.74, 6) is -7.01. The molecule has 0 atom stereocenters. The monoisotopic (exact) mass is 303 g/mol. The van der Waals surface area contributed by atoms with Crippen LogP contribution >= 0.6 is 0 Å². The van der Waals surface area contributed by atoms with E-state index in [2.05, 4.69) is 0 Å². The zero-order valence-electron chi connectivity index (χ0n) is 9.22. The normalized spacial score (nSPS) is 12.2. The molecule has 2 amide bonds. The maximum Gasteiger partial charge on any atom is 0.472 e. The summed E-state index contributed by atoms with van der Waals surface area (Å²) in [5, 5.41) is 0. The van der Waals surface area contributed by atoms with Crippen LogP contribution in [-0.4, -0.2) is 24.2 Å². The minimum absolute atomic E-state index is 0.447. The van der Waals surface area contributed by atoms with Crippen LogP contribution in [0.1, 0.15) is 0 Å². The quantitative estimate of drug-likeness (QED) is 0.748. The number of carbonyl (C=O) groups is 2. The smallest absolute Gasteiger partial charge is 0.263 e. The lowest BCUT2D eigenvalue weighted by atomic mass is 10.2. The zero-order chi connectivity index (χ0) is 15.7. The van der Waals surface area contributed by atoms with Crippen LogP contribution in [0.2, 0.25) is 0 Å². The van der Waals surface area contributed by atoms with Gasteiger partial charge in [-0.15, -0.1) is 0 Å². The van der Waals surface area contributed by atoms with Crippen molar-refractivity contribution in [2.24, 2.45) is 0 Å². The Kier molecular flexibility index (Phi) is 4.06. The van der Waals surface area contributed by atoms with Gasteiger partial charge in [0.05, 0.1) is 5.69 Å². The van der Waals surface area contributed by atoms with Crippen LogP contribution in [0.5, 0.6) is 0 Å². The molecule has 0 N–H and O–H groups in total. The second kappa shape index (κ2) is 5.10. The Hall–Kier alpha value is -2.13. The van der Waals surface area contributed by atoms with Crippen molar-refractivity contribution >= 4 is 17.5 Å². The third-order valence-electron chi connectivity index (χ3n) is 1.98. The van der Waals surface area contributed by atoms with E-state index < -0.39 is 40.6 Å². The van der Waals surface area contributed by atoms with Gasteiger partial charge >= 0.3 is 24.2 Å². The molecule has 110 valence electrons. The Morgan fingerprint density at radius 2 is 1.15 bits per heavy atom. The van der Waals surface area contributed by atoms with Gasteiger partial charge in [0.25, 0.3) is 0 Å². The van der Waals surface area contributed by atoms with Crippen LogP contribution in [-0.2, 0) is 9.59 Å². The topological polar surface area (TPSA) is 37.4 Å². The summed E-state index contributed by atoms with van der Waals surface area (Å²) in [6.45, 7) is 0. The Labute approximate surface area is 106 Å². The molecule has 1 aromatic carbocycles. The fourth-order valence-electron chi connectivity index (χ4n) is 1.17. The van der Waals surface area contributed by atoms with Gasteiger partial charge in [-0.3, -0.25) is 9.59 Å². The highest BCUT2D eigenvalue weighted by Gasteiger charge is 2.52. The van der Waals surface area contributed by atoms with Gasteiger partial charge in [-0.2, -0.15) is 26.3 Å². The first kappa shape index (κ1) is 15.9. The van der Waals surface area contributed by atoms with E-state index in [1.807, 2.05) is 0 Å². The average Bonchev–Trinajstić information content (AvgIpc) is 2.29. The highest BCUT2D eigenvalue weighted by Crippen LogP contribution is 2.28. The summed E-state index contributed by atoms with van der Waals surface area (Å²) in [7, 11) is 0. The standard InChI is InChI=1S/C10H4F7NO2/c11-5-1-3-6(4-2-5)18(7(19)9(12,13)14)8(20)10(15,16)17/h1-4H. The summed E-state index contributed by atoms with van der Waals surface area (Å²) in [4.78, 5) is 20.8. The predicted octanol–water partition coefficient (Wildman–Crippen LogP) is 2.81. The third-order valence-corrected chi connectivity index (χ3v) is 1.98. The second-order valence-electron chi connectivity index (χ2n) is 3.42. The van der Waals surface area contributed by atoms with Crippen molar-refractivity contribution < 1.29 is 40.3 Å². The Bertz CT molecular complexity index is 492. The minimum Gasteiger partial charge on any atom is -0.263 e. The van der Waals surface area contributed by atoms with E-state index in [9.17, 15) is 40.3 Å². The summed E-state index contributed by atoms with van der Waals surface area (Å²) >= 11 is 0. The van der Waals surface area contributed by atoms with Crippen molar-refractivity contribution in [1.29, 1.82) is 0 Å². The molecule has 0 unspecified atom stereocenters. The predicted molar refractivity (Wildman–Crippen MR) is 51.0 cm³/mol. The number of halogens is 7. The average molecular weight is 303 g/mol. The molecular weight excluding hydrogens is 299 g/mol. The second-order valence-corrected chi connectivity index (χ2v) is 3.42. The first-order valence-electron chi connectivity index (χ1n) is 4.72. The van der Waals surface area contributed by atoms with Gasteiger partial charge in [0.1, 0.15) is 5.82 Å². The van der Waals surface area contributed by atoms with Crippen LogP contribution in [0.25, 0.3) is 0 Å². The third kappa shape index (κ3) is 3.45. The highest BCUT2D eigenvalue weighted by atomic mass is 19.4. The summed E-state index contributed by atoms with van der Waals surface area (Å²) in [5.41, 5.74) is -1.05. The van der Waals surface area contributed by atoms with Crippen LogP contribution in [0.3, 0.4) is 0 Å². The summed E-state index contributed by atoms with van der Waals surface area (Å²) < 4.78 is 86.0. The molecule has 1 aromatic rings. The van der Waals surface area contributed by atoms with Gasteiger partial charge in [-0.1, -0.05) is 0 Å². The number of amides is 2. The molecule has 0 bridgehead atoms. The lowest BCUT2D eigenvalue weighted by Gasteiger charge is -2.22. The van der Waals surface area contributed by atoms with Crippen molar-refractivity contribution in [1.82, 2.24) is 0 Å². The number of carbonyl (C=O) groups excluding carboxylic acids is 2. The maximum atomic E-state index is 12.6. The van der Waals surface area contributed by atoms with Gasteiger partial charge in [-0.05, 0) is 24.3 Å². The zero-order valence-corrected chi connectivity index (χ0v) is 9.22. The molecule has 0 radical (unpaired) electrons. The number of anilines is 1. The number of alkyl halides is 6. The molecule has 0 saturated heterocycles. The van der Waals surface area contributed by atoms with Crippen molar-refractivity contribution in [2.45, 2.75) is 12.4 Å². The molecule has 0 heterocycles. The fourth-order valence-corrected chi connectivity index (χ4v) is 1.17. The number of hydrogen-bond donors (Lipinski definition) is 0. The number of nitrogens with zero attached hydrogens (tertiary/aromatic N) is 1. The number of hydrogen-bond acceptors (Lipinski definition) is 2. The number of imide groups is 1. The first-order valence-corrected chi connectivity index (χ1v) is 4.72. The van der Waals surface area contributed by atoms with E-state index in [1.54, 1.807) is 0 Å². The largest absolute Gasteiger partial charge is 0.472 e. The first-order chi connectivity index (χ1) is 8.94. The van der Waals surface area contributed by atoms with Gasteiger partial charge in [0, 0.05) is 0 Å². The van der Waals surface area contributed by atoms with E-state index in [-0.39, 0.29) is 0 Å². The molecule has 0 aliphatic rings. The molecule has 0 aliphatic carbocycles. The van der Waals surface area contributed by atoms with Crippen molar-refractivity contribution in [3.63, 3.8) is 0 Å². The summed E-state index contributed by atoms with van der Waals surface area (Å²) in [6.07, 6.45) is -11.4. The van der Waals surface area contributed by atoms with Crippen molar-refractivity contribution in [2.75, 3.05) is 4.90 Å². The van der Waals surface area contributed by atoms with Gasteiger partial charge in [0.15, 0.2) is 0 Å². The van der Waals surface area contributed by atoms with Crippen molar-refractivity contribution in [3.8, 4) is 0 Å². The Balaban J connectivity index is 3.32. The lowest BCUT2D eigenvalue weighted by Crippen LogP contribution is -2.50. The van der Waals surface area contributed by atoms with Gasteiger partial charge in [0.2, 0.25) is 0 Å². The fraction of sp³-hybridized carbons (Fsp3) is 0.200. The highest BCUT2D eigenvalue weighted by molar-refractivity contribution is 6.18. The molecule has 10 heteroatoms. The van der Waals surface area contributed by atoms with Gasteiger partial charge in [-0.25, -0.2) is 9.29 Å². The molecule has 0 spiro atoms. The van der Waals surface area contributed by atoms with E-state index >= 15 is 0 Å². The SMILES string of the molecule is O=C(N(C(=O)C(F)(F)F)c1ccc(F)cc1)C(F)(F)F. The Morgan fingerprint density at radius 3 is 1.45 bits per heavy atom. The molecule has 0 saturated carbocycles. The lowest BCUT2D eigenvalue weighted by molar-refractivity contribution is -0.181. The van der Waals surface area contributed by atoms with E-state index in [4.69, 9.17) is 0 Å². The van der Waals surface area contributed by atoms with Crippen LogP contribution in [0, 0.1) is 5.82 Å². The number of benzene rings is 1. The molecular formula is C10H4F7NO2. The molecule has 0 aromatic heterocycles. The van der Waals surface area contributed by atoms with Crippen LogP contribution in [0.4, 0.5) is 36.4 Å². The van der Waals surface area contributed by atoms with E-state index in [1.165, 1.54) is 0 Å². The van der Waals surface area contributed by atoms with Crippen LogP contribution in [0.15, 0.2) is 24.3 Å². The minimum atomic E-state index is -5.70. The summed E-state index contributed by atoms with van der Waals surface area (Å²) in [6, 6.07) is 1.91. The molecule has 0 fully saturated rings. The number of rotatable bonds is 1. The Morgan fingerprint density at radius 1 is 0.800 bits per heavy atom. The molecule has 3 nitrogen and oxygen atoms in total.